The van der Waals surface area contributed by atoms with Gasteiger partial charge in [0.25, 0.3) is 0 Å². The molecule has 0 saturated carbocycles. The first-order valence-corrected chi connectivity index (χ1v) is 35.2. The van der Waals surface area contributed by atoms with Gasteiger partial charge in [-0.1, -0.05) is 30.3 Å². The number of amides is 5. The van der Waals surface area contributed by atoms with Gasteiger partial charge in [0.05, 0.1) is 217 Å². The van der Waals surface area contributed by atoms with Gasteiger partial charge in [0.1, 0.15) is 28.9 Å². The van der Waals surface area contributed by atoms with Crippen LogP contribution < -0.4 is 26.6 Å². The summed E-state index contributed by atoms with van der Waals surface area (Å²) in [6, 6.07) is 9.17. The zero-order valence-electron chi connectivity index (χ0n) is 62.3. The van der Waals surface area contributed by atoms with Crippen LogP contribution in [0.5, 0.6) is 0 Å². The molecule has 0 fully saturated rings. The molecule has 1 aromatic carbocycles. The van der Waals surface area contributed by atoms with Gasteiger partial charge in [-0.2, -0.15) is 0 Å². The van der Waals surface area contributed by atoms with E-state index < -0.39 is 34.3 Å². The number of esters is 3. The minimum Gasteiger partial charge on any atom is -0.460 e. The van der Waals surface area contributed by atoms with E-state index in [1.807, 2.05) is 30.3 Å². The fourth-order valence-corrected chi connectivity index (χ4v) is 8.08. The molecule has 1 aromatic rings. The number of nitrogens with one attached hydrogen (secondary N) is 5. The van der Waals surface area contributed by atoms with Gasteiger partial charge < -0.3 is 117 Å². The van der Waals surface area contributed by atoms with Crippen molar-refractivity contribution in [1.29, 1.82) is 0 Å². The van der Waals surface area contributed by atoms with E-state index in [1.165, 1.54) is 0 Å². The lowest BCUT2D eigenvalue weighted by Gasteiger charge is -2.34. The molecule has 0 saturated heterocycles. The molecule has 0 aliphatic heterocycles. The molecule has 0 spiro atoms. The van der Waals surface area contributed by atoms with E-state index in [1.54, 1.807) is 62.3 Å². The van der Waals surface area contributed by atoms with Crippen LogP contribution in [0.25, 0.3) is 0 Å². The summed E-state index contributed by atoms with van der Waals surface area (Å²) >= 11 is 0. The van der Waals surface area contributed by atoms with Crippen molar-refractivity contribution in [3.05, 3.63) is 35.9 Å². The molecule has 0 atom stereocenters. The Morgan fingerprint density at radius 3 is 0.863 bits per heavy atom. The summed E-state index contributed by atoms with van der Waals surface area (Å²) in [5, 5.41) is 14.0. The Morgan fingerprint density at radius 2 is 0.569 bits per heavy atom. The fourth-order valence-electron chi connectivity index (χ4n) is 8.08. The molecule has 0 aliphatic rings. The Kier molecular flexibility index (Phi) is 56.8. The van der Waals surface area contributed by atoms with Crippen molar-refractivity contribution in [1.82, 2.24) is 26.6 Å². The fraction of sp³-hybridized carbons (Fsp3) is 0.800. The van der Waals surface area contributed by atoms with Crippen LogP contribution in [0.4, 0.5) is 4.79 Å². The van der Waals surface area contributed by atoms with Crippen molar-refractivity contribution in [2.45, 2.75) is 143 Å². The predicted molar refractivity (Wildman–Crippen MR) is 371 cm³/mol. The maximum atomic E-state index is 13.8. The van der Waals surface area contributed by atoms with Crippen LogP contribution in [-0.4, -0.2) is 294 Å². The molecule has 32 heteroatoms. The SMILES string of the molecule is CC(C)(C)OC(=O)CCOCCOCCOCCOCCNC(=O)CCOCC(COCCC(=O)NCCOCCOCCOCCOCCC(=O)OC(C)(C)C)(COCCC(=O)NCCOCCOCCOCCOCCC(=O)OC(C)(C)C)NC(=O)CCCNC(=O)OCc1ccccc1. The third-order valence-electron chi connectivity index (χ3n) is 12.7. The maximum Gasteiger partial charge on any atom is 0.407 e. The second kappa shape index (κ2) is 61.5. The highest BCUT2D eigenvalue weighted by atomic mass is 16.6. The smallest absolute Gasteiger partial charge is 0.407 e. The zero-order chi connectivity index (χ0) is 75.1. The van der Waals surface area contributed by atoms with Gasteiger partial charge in [-0.05, 0) is 74.3 Å². The predicted octanol–water partition coefficient (Wildman–Crippen LogP) is 3.51. The molecule has 5 amide bonds. The Balaban J connectivity index is 2.75. The Labute approximate surface area is 603 Å². The van der Waals surface area contributed by atoms with Crippen molar-refractivity contribution >= 4 is 47.6 Å². The van der Waals surface area contributed by atoms with Crippen LogP contribution in [0.2, 0.25) is 0 Å². The molecule has 590 valence electrons. The summed E-state index contributed by atoms with van der Waals surface area (Å²) in [5.74, 6) is -2.38. The summed E-state index contributed by atoms with van der Waals surface area (Å²) in [6.07, 6.45) is -0.148. The topological polar surface area (TPSA) is 372 Å². The number of hydrogen-bond donors (Lipinski definition) is 5. The molecule has 0 unspecified atom stereocenters. The van der Waals surface area contributed by atoms with Crippen molar-refractivity contribution < 1.29 is 128 Å². The second-order valence-corrected chi connectivity index (χ2v) is 25.7. The lowest BCUT2D eigenvalue weighted by molar-refractivity contribution is -0.157. The first-order chi connectivity index (χ1) is 48.9. The molecule has 0 radical (unpaired) electrons. The first kappa shape index (κ1) is 94.2. The normalized spacial score (nSPS) is 11.8. The first-order valence-electron chi connectivity index (χ1n) is 35.2. The number of benzene rings is 1. The highest BCUT2D eigenvalue weighted by molar-refractivity contribution is 5.78. The number of carbonyl (C=O) groups excluding carboxylic acids is 8. The molecule has 0 aliphatic carbocycles. The number of rotatable bonds is 67. The monoisotopic (exact) mass is 1470 g/mol. The summed E-state index contributed by atoms with van der Waals surface area (Å²) in [7, 11) is 0. The number of ether oxygens (including phenoxy) is 19. The van der Waals surface area contributed by atoms with Crippen LogP contribution in [0.1, 0.15) is 119 Å². The Morgan fingerprint density at radius 1 is 0.294 bits per heavy atom. The quantitative estimate of drug-likeness (QED) is 0.0354. The van der Waals surface area contributed by atoms with E-state index >= 15 is 0 Å². The van der Waals surface area contributed by atoms with Crippen molar-refractivity contribution in [3.8, 4) is 0 Å². The van der Waals surface area contributed by atoms with Crippen LogP contribution in [0.15, 0.2) is 30.3 Å². The summed E-state index contributed by atoms with van der Waals surface area (Å²) < 4.78 is 105. The van der Waals surface area contributed by atoms with Crippen LogP contribution in [-0.2, 0) is 130 Å². The molecular formula is C70H123N5O27. The number of alkyl carbamates (subject to hydrolysis) is 1. The highest BCUT2D eigenvalue weighted by Crippen LogP contribution is 2.14. The van der Waals surface area contributed by atoms with Crippen molar-refractivity contribution in [3.63, 3.8) is 0 Å². The zero-order valence-corrected chi connectivity index (χ0v) is 62.3. The van der Waals surface area contributed by atoms with E-state index in [0.29, 0.717) is 99.1 Å². The van der Waals surface area contributed by atoms with Gasteiger partial charge in [-0.25, -0.2) is 4.79 Å². The molecular weight excluding hydrogens is 1340 g/mol. The molecule has 0 heterocycles. The van der Waals surface area contributed by atoms with Gasteiger partial charge in [0.15, 0.2) is 0 Å². The van der Waals surface area contributed by atoms with Crippen molar-refractivity contribution in [2.75, 3.05) is 224 Å². The third-order valence-corrected chi connectivity index (χ3v) is 12.7. The largest absolute Gasteiger partial charge is 0.460 e. The number of carbonyl (C=O) groups is 8. The molecule has 0 bridgehead atoms. The van der Waals surface area contributed by atoms with Gasteiger partial charge in [0, 0.05) is 51.9 Å². The van der Waals surface area contributed by atoms with E-state index in [4.69, 9.17) is 90.0 Å². The van der Waals surface area contributed by atoms with Gasteiger partial charge in [0.2, 0.25) is 23.6 Å². The van der Waals surface area contributed by atoms with Crippen molar-refractivity contribution in [2.24, 2.45) is 0 Å². The van der Waals surface area contributed by atoms with E-state index in [0.717, 1.165) is 5.56 Å². The third kappa shape index (κ3) is 65.0. The Bertz CT molecular complexity index is 2140. The molecule has 5 N–H and O–H groups in total. The number of hydrogen-bond acceptors (Lipinski definition) is 27. The van der Waals surface area contributed by atoms with Gasteiger partial charge in [-0.15, -0.1) is 0 Å². The highest BCUT2D eigenvalue weighted by Gasteiger charge is 2.34. The van der Waals surface area contributed by atoms with Crippen LogP contribution >= 0.6 is 0 Å². The van der Waals surface area contributed by atoms with Gasteiger partial charge >= 0.3 is 24.0 Å². The molecule has 32 nitrogen and oxygen atoms in total. The Hall–Kier alpha value is -5.82. The standard InChI is InChI=1S/C70H123N5O27/c1-67(2,3)100-63(80)20-30-84-36-42-90-48-51-93-45-39-87-33-24-71-59(76)17-27-96-55-70(75-62(79)16-13-23-74-66(83)99-54-58-14-11-10-12-15-58,56-97-28-18-60(77)72-25-34-88-40-46-94-52-49-91-43-37-85-31-21-64(81)101-68(4,5)6)57-98-29-19-61(78)73-26-35-89-41-47-95-53-50-92-44-38-86-32-22-65(82)102-69(7,8)9/h10-12,14-15H,13,16-57H2,1-9H3,(H,71,76)(H,72,77)(H,73,78)(H,74,83)(H,75,79). The second-order valence-electron chi connectivity index (χ2n) is 25.7. The van der Waals surface area contributed by atoms with Crippen LogP contribution in [0, 0.1) is 0 Å². The minimum absolute atomic E-state index is 0.0494. The average Bonchev–Trinajstić information content (AvgIpc) is 0.858. The molecule has 1 rings (SSSR count). The summed E-state index contributed by atoms with van der Waals surface area (Å²) in [4.78, 5) is 100. The maximum absolute atomic E-state index is 13.8. The lowest BCUT2D eigenvalue weighted by Crippen LogP contribution is -2.58. The molecule has 0 aromatic heterocycles. The summed E-state index contributed by atoms with van der Waals surface area (Å²) in [5.41, 5.74) is -2.22. The molecule has 102 heavy (non-hydrogen) atoms. The van der Waals surface area contributed by atoms with Gasteiger partial charge in [-0.3, -0.25) is 33.6 Å². The lowest BCUT2D eigenvalue weighted by atomic mass is 10.0. The van der Waals surface area contributed by atoms with E-state index in [2.05, 4.69) is 26.6 Å². The van der Waals surface area contributed by atoms with E-state index in [-0.39, 0.29) is 219 Å². The van der Waals surface area contributed by atoms with E-state index in [9.17, 15) is 38.4 Å². The average molecular weight is 1470 g/mol. The van der Waals surface area contributed by atoms with Crippen LogP contribution in [0.3, 0.4) is 0 Å². The minimum atomic E-state index is -1.40. The summed E-state index contributed by atoms with van der Waals surface area (Å²) in [6.45, 7) is 23.5.